The molecular formula is C54H88FN9O13. The summed E-state index contributed by atoms with van der Waals surface area (Å²) in [7, 11) is 6.88. The zero-order chi connectivity index (χ0) is 56.9. The SMILES string of the molecule is CC[C@H]1OC(=O)[C@H](C)[C@@H](O[C@H]2C[C@@](C)(OC)[C@@H](O)[C@H](C)O2)[C@H](C)[C@@H](O[C@H]2C[C@@H](N(C)CCc3cn([C@H](CF)[C@H](OC)c4ccc(-n5cc(C(N)=O)nn5)cc4)nn3)C[C@@H](C)O2)[C@](C)(O)C[C@@H](C)CN(C)[C@H](C)[C@@H](O)[C@]1(C)O. The number of aliphatic hydroxyl groups is 4. The highest BCUT2D eigenvalue weighted by Gasteiger charge is 2.52. The average molecular weight is 1090 g/mol. The molecule has 3 aromatic rings. The molecule has 0 aliphatic carbocycles. The molecule has 3 aliphatic heterocycles. The summed E-state index contributed by atoms with van der Waals surface area (Å²) in [6, 6.07) is 5.63. The first-order valence-corrected chi connectivity index (χ1v) is 27.1. The van der Waals surface area contributed by atoms with Crippen LogP contribution in [0.5, 0.6) is 0 Å². The number of amides is 1. The van der Waals surface area contributed by atoms with Gasteiger partial charge in [0, 0.05) is 70.8 Å². The van der Waals surface area contributed by atoms with E-state index in [0.717, 1.165) is 0 Å². The van der Waals surface area contributed by atoms with Gasteiger partial charge in [0.2, 0.25) is 0 Å². The number of primary amides is 1. The summed E-state index contributed by atoms with van der Waals surface area (Å²) in [5.41, 5.74) is 2.87. The van der Waals surface area contributed by atoms with Crippen LogP contribution in [-0.4, -0.2) is 204 Å². The third-order valence-corrected chi connectivity index (χ3v) is 16.6. The number of carbonyl (C=O) groups is 2. The molecule has 1 amide bonds. The lowest BCUT2D eigenvalue weighted by Gasteiger charge is -2.48. The normalized spacial score (nSPS) is 37.2. The number of ether oxygens (including phenoxy) is 7. The predicted octanol–water partition coefficient (Wildman–Crippen LogP) is 3.71. The van der Waals surface area contributed by atoms with Crippen LogP contribution in [0.15, 0.2) is 36.7 Å². The number of methoxy groups -OCH3 is 2. The second-order valence-corrected chi connectivity index (χ2v) is 22.9. The number of rotatable bonds is 17. The van der Waals surface area contributed by atoms with Gasteiger partial charge in [0.15, 0.2) is 18.3 Å². The molecule has 2 aromatic heterocycles. The van der Waals surface area contributed by atoms with Crippen LogP contribution in [-0.2, 0) is 44.4 Å². The summed E-state index contributed by atoms with van der Waals surface area (Å²) < 4.78 is 62.3. The minimum atomic E-state index is -1.83. The van der Waals surface area contributed by atoms with Crippen molar-refractivity contribution in [3.8, 4) is 5.69 Å². The number of cyclic esters (lactones) is 1. The molecule has 0 bridgehead atoms. The van der Waals surface area contributed by atoms with Gasteiger partial charge in [-0.05, 0) is 105 Å². The van der Waals surface area contributed by atoms with Crippen molar-refractivity contribution in [3.63, 3.8) is 0 Å². The maximum Gasteiger partial charge on any atom is 0.311 e. The molecule has 5 heterocycles. The fourth-order valence-electron chi connectivity index (χ4n) is 11.8. The van der Waals surface area contributed by atoms with E-state index in [2.05, 4.69) is 25.5 Å². The molecule has 6 rings (SSSR count). The lowest BCUT2D eigenvalue weighted by Crippen LogP contribution is -2.59. The first-order chi connectivity index (χ1) is 36.2. The van der Waals surface area contributed by atoms with Gasteiger partial charge in [-0.2, -0.15) is 0 Å². The zero-order valence-corrected chi connectivity index (χ0v) is 47.6. The number of hydrogen-bond donors (Lipinski definition) is 5. The van der Waals surface area contributed by atoms with Crippen LogP contribution in [0.2, 0.25) is 0 Å². The Morgan fingerprint density at radius 3 is 2.25 bits per heavy atom. The average Bonchev–Trinajstić information content (AvgIpc) is 4.09. The zero-order valence-electron chi connectivity index (χ0n) is 47.6. The maximum atomic E-state index is 14.9. The Balaban J connectivity index is 1.22. The monoisotopic (exact) mass is 1090 g/mol. The van der Waals surface area contributed by atoms with Gasteiger partial charge in [-0.25, -0.2) is 13.8 Å². The van der Waals surface area contributed by atoms with E-state index in [9.17, 15) is 34.4 Å². The van der Waals surface area contributed by atoms with Crippen molar-refractivity contribution in [1.82, 2.24) is 39.8 Å². The van der Waals surface area contributed by atoms with Crippen molar-refractivity contribution in [2.45, 2.75) is 204 Å². The topological polar surface area (TPSA) is 274 Å². The number of nitrogens with zero attached hydrogens (tertiary/aromatic N) is 8. The van der Waals surface area contributed by atoms with Gasteiger partial charge in [0.25, 0.3) is 5.91 Å². The van der Waals surface area contributed by atoms with Gasteiger partial charge >= 0.3 is 5.97 Å². The molecule has 77 heavy (non-hydrogen) atoms. The van der Waals surface area contributed by atoms with Crippen LogP contribution < -0.4 is 5.73 Å². The van der Waals surface area contributed by atoms with Gasteiger partial charge in [0.1, 0.15) is 42.7 Å². The Morgan fingerprint density at radius 2 is 1.64 bits per heavy atom. The Hall–Kier alpha value is -4.11. The lowest BCUT2D eigenvalue weighted by molar-refractivity contribution is -0.308. The Morgan fingerprint density at radius 1 is 0.948 bits per heavy atom. The molecule has 6 N–H and O–H groups in total. The first-order valence-electron chi connectivity index (χ1n) is 27.1. The van der Waals surface area contributed by atoms with Crippen LogP contribution >= 0.6 is 0 Å². The summed E-state index contributed by atoms with van der Waals surface area (Å²) in [5, 5.41) is 64.1. The molecule has 3 fully saturated rings. The van der Waals surface area contributed by atoms with Crippen molar-refractivity contribution in [2.75, 3.05) is 48.1 Å². The Bertz CT molecular complexity index is 2360. The number of aromatic nitrogens is 6. The summed E-state index contributed by atoms with van der Waals surface area (Å²) in [4.78, 5) is 30.2. The maximum absolute atomic E-state index is 14.9. The smallest absolute Gasteiger partial charge is 0.311 e. The van der Waals surface area contributed by atoms with Crippen LogP contribution in [0.4, 0.5) is 4.39 Å². The van der Waals surface area contributed by atoms with Gasteiger partial charge in [-0.15, -0.1) is 10.2 Å². The summed E-state index contributed by atoms with van der Waals surface area (Å²) >= 11 is 0. The first kappa shape index (κ1) is 62.1. The molecule has 3 saturated heterocycles. The number of carbonyl (C=O) groups excluding carboxylic acids is 2. The van der Waals surface area contributed by atoms with Crippen LogP contribution in [0.1, 0.15) is 135 Å². The third-order valence-electron chi connectivity index (χ3n) is 16.6. The van der Waals surface area contributed by atoms with Crippen molar-refractivity contribution in [2.24, 2.45) is 23.5 Å². The number of alkyl halides is 1. The third kappa shape index (κ3) is 14.4. The van der Waals surface area contributed by atoms with E-state index in [4.69, 9.17) is 38.9 Å². The largest absolute Gasteiger partial charge is 0.459 e. The highest BCUT2D eigenvalue weighted by Crippen LogP contribution is 2.40. The highest BCUT2D eigenvalue weighted by atomic mass is 19.1. The number of hydrogen-bond acceptors (Lipinski definition) is 19. The number of esters is 1. The number of nitrogens with two attached hydrogens (primary N) is 1. The van der Waals surface area contributed by atoms with Crippen molar-refractivity contribution < 1.29 is 67.6 Å². The number of likely N-dealkylation sites (N-methyl/N-ethyl adjacent to an activating group) is 2. The van der Waals surface area contributed by atoms with E-state index >= 15 is 0 Å². The molecule has 434 valence electrons. The molecule has 0 radical (unpaired) electrons. The summed E-state index contributed by atoms with van der Waals surface area (Å²) in [5.74, 6) is -3.32. The number of halogens is 1. The molecule has 22 nitrogen and oxygen atoms in total. The number of benzene rings is 1. The van der Waals surface area contributed by atoms with E-state index in [-0.39, 0.29) is 43.0 Å². The van der Waals surface area contributed by atoms with Gasteiger partial charge in [-0.1, -0.05) is 43.3 Å². The van der Waals surface area contributed by atoms with Crippen molar-refractivity contribution >= 4 is 11.9 Å². The second-order valence-electron chi connectivity index (χ2n) is 22.9. The quantitative estimate of drug-likeness (QED) is 0.121. The second kappa shape index (κ2) is 26.0. The molecule has 0 unspecified atom stereocenters. The minimum Gasteiger partial charge on any atom is -0.459 e. The lowest BCUT2D eigenvalue weighted by atomic mass is 9.77. The van der Waals surface area contributed by atoms with Crippen LogP contribution in [0.3, 0.4) is 0 Å². The number of aliphatic hydroxyl groups excluding tert-OH is 2. The summed E-state index contributed by atoms with van der Waals surface area (Å²) in [6.45, 7) is 18.0. The molecule has 1 aromatic carbocycles. The molecule has 19 atom stereocenters. The van der Waals surface area contributed by atoms with Gasteiger partial charge < -0.3 is 69.1 Å². The van der Waals surface area contributed by atoms with Crippen molar-refractivity contribution in [1.29, 1.82) is 0 Å². The standard InChI is InChI=1S/C54H88FN9O13/c1-15-42-54(10,70)47(65)34(6)62(12)27-30(2)24-52(8,69)49(32(4)45(33(5)51(68)75-42)76-44-25-53(9,72-14)48(66)35(7)74-44)77-43-23-39(22-31(3)73-43)61(11)21-20-37-28-64(59-57-37)41(26-55)46(71-13)36-16-18-38(19-17-36)63-29-40(50(56)67)58-60-63/h16-19,28-35,39,41-49,65-66,69-70H,15,20-27H2,1-14H3,(H2,56,67)/t30-,31-,32+,33-,34-,35+,39+,41-,42-,43+,44+,45+,46-,47-,48+,49-,52-,53-,54-/m1/s1. The van der Waals surface area contributed by atoms with Gasteiger partial charge in [-0.3, -0.25) is 9.59 Å². The van der Waals surface area contributed by atoms with E-state index < -0.39 is 115 Å². The fourth-order valence-corrected chi connectivity index (χ4v) is 11.8. The van der Waals surface area contributed by atoms with E-state index in [1.807, 2.05) is 46.7 Å². The van der Waals surface area contributed by atoms with Crippen LogP contribution in [0, 0.1) is 17.8 Å². The summed E-state index contributed by atoms with van der Waals surface area (Å²) in [6.07, 6.45) is -3.57. The highest BCUT2D eigenvalue weighted by molar-refractivity contribution is 5.90. The Kier molecular flexibility index (Phi) is 21.0. The van der Waals surface area contributed by atoms with Gasteiger partial charge in [0.05, 0.1) is 59.1 Å². The minimum absolute atomic E-state index is 0.0242. The fraction of sp³-hybridized carbons (Fsp3) is 0.778. The van der Waals surface area contributed by atoms with E-state index in [0.29, 0.717) is 49.3 Å². The van der Waals surface area contributed by atoms with Crippen molar-refractivity contribution in [3.05, 3.63) is 53.6 Å². The molecule has 3 aliphatic rings. The molecule has 0 saturated carbocycles. The van der Waals surface area contributed by atoms with E-state index in [1.54, 1.807) is 65.1 Å². The Labute approximate surface area is 452 Å². The molecular weight excluding hydrogens is 1000 g/mol. The van der Waals surface area contributed by atoms with Crippen LogP contribution in [0.25, 0.3) is 5.69 Å². The molecule has 23 heteroatoms. The van der Waals surface area contributed by atoms with E-state index in [1.165, 1.54) is 36.7 Å². The molecule has 0 spiro atoms. The predicted molar refractivity (Wildman–Crippen MR) is 280 cm³/mol.